The van der Waals surface area contributed by atoms with Gasteiger partial charge in [-0.2, -0.15) is 0 Å². The first-order valence-electron chi connectivity index (χ1n) is 8.60. The maximum atomic E-state index is 12.3. The molecule has 2 amide bonds. The number of amides is 2. The third-order valence-electron chi connectivity index (χ3n) is 4.69. The van der Waals surface area contributed by atoms with Gasteiger partial charge in [0.1, 0.15) is 5.54 Å². The zero-order valence-corrected chi connectivity index (χ0v) is 15.7. The van der Waals surface area contributed by atoms with Gasteiger partial charge >= 0.3 is 5.97 Å². The minimum atomic E-state index is -1.87. The highest BCUT2D eigenvalue weighted by Crippen LogP contribution is 2.30. The minimum absolute atomic E-state index is 0.0234. The van der Waals surface area contributed by atoms with E-state index in [1.807, 2.05) is 20.8 Å². The van der Waals surface area contributed by atoms with E-state index in [4.69, 9.17) is 0 Å². The van der Waals surface area contributed by atoms with Crippen LogP contribution in [0.3, 0.4) is 0 Å². The van der Waals surface area contributed by atoms with Crippen LogP contribution in [0.4, 0.5) is 0 Å². The van der Waals surface area contributed by atoms with E-state index in [0.29, 0.717) is 12.0 Å². The predicted octanol–water partition coefficient (Wildman–Crippen LogP) is 1.41. The summed E-state index contributed by atoms with van der Waals surface area (Å²) in [6, 6.07) is 8.42. The van der Waals surface area contributed by atoms with Gasteiger partial charge in [0.15, 0.2) is 6.10 Å². The number of hydrogen-bond donors (Lipinski definition) is 4. The van der Waals surface area contributed by atoms with Crippen molar-refractivity contribution in [2.75, 3.05) is 6.54 Å². The second kappa shape index (κ2) is 8.80. The molecule has 4 N–H and O–H groups in total. The molecule has 0 unspecified atom stereocenters. The molecule has 0 spiro atoms. The van der Waals surface area contributed by atoms with E-state index >= 15 is 0 Å². The zero-order chi connectivity index (χ0) is 20.0. The van der Waals surface area contributed by atoms with Crippen LogP contribution in [0.15, 0.2) is 30.3 Å². The number of aliphatic hydroxyl groups excluding tert-OH is 1. The Hall–Kier alpha value is -2.41. The quantitative estimate of drug-likeness (QED) is 0.529. The van der Waals surface area contributed by atoms with Crippen LogP contribution in [0.2, 0.25) is 0 Å². The van der Waals surface area contributed by atoms with E-state index in [9.17, 15) is 24.6 Å². The van der Waals surface area contributed by atoms with Gasteiger partial charge in [0.2, 0.25) is 11.8 Å². The lowest BCUT2D eigenvalue weighted by Gasteiger charge is -2.37. The number of carboxylic acids is 1. The van der Waals surface area contributed by atoms with Crippen molar-refractivity contribution in [3.8, 4) is 0 Å². The Labute approximate surface area is 153 Å². The first-order valence-corrected chi connectivity index (χ1v) is 8.60. The smallest absolute Gasteiger partial charge is 0.335 e. The van der Waals surface area contributed by atoms with Gasteiger partial charge < -0.3 is 20.8 Å². The number of carbonyl (C=O) groups excluding carboxylic acids is 2. The number of nitrogens with one attached hydrogen (secondary N) is 2. The number of carbonyl (C=O) groups is 3. The Bertz CT molecular complexity index is 645. The van der Waals surface area contributed by atoms with Crippen molar-refractivity contribution in [2.45, 2.75) is 52.2 Å². The molecule has 0 aliphatic carbocycles. The Morgan fingerprint density at radius 2 is 1.73 bits per heavy atom. The fourth-order valence-corrected chi connectivity index (χ4v) is 2.68. The summed E-state index contributed by atoms with van der Waals surface area (Å²) in [6.07, 6.45) is -1.20. The first kappa shape index (κ1) is 21.6. The molecule has 144 valence electrons. The van der Waals surface area contributed by atoms with Crippen molar-refractivity contribution < 1.29 is 24.6 Å². The van der Waals surface area contributed by atoms with Crippen molar-refractivity contribution in [2.24, 2.45) is 5.41 Å². The van der Waals surface area contributed by atoms with Gasteiger partial charge in [-0.25, -0.2) is 4.79 Å². The van der Waals surface area contributed by atoms with E-state index in [-0.39, 0.29) is 18.9 Å². The van der Waals surface area contributed by atoms with E-state index in [2.05, 4.69) is 10.6 Å². The molecule has 1 aromatic rings. The average Bonchev–Trinajstić information content (AvgIpc) is 2.60. The van der Waals surface area contributed by atoms with Gasteiger partial charge in [-0.05, 0) is 18.4 Å². The topological polar surface area (TPSA) is 116 Å². The molecule has 0 saturated heterocycles. The highest BCUT2D eigenvalue weighted by atomic mass is 16.4. The molecule has 0 aliphatic rings. The number of aliphatic carboxylic acids is 1. The first-order chi connectivity index (χ1) is 12.1. The molecule has 1 aromatic carbocycles. The van der Waals surface area contributed by atoms with Gasteiger partial charge in [0.05, 0.1) is 0 Å². The summed E-state index contributed by atoms with van der Waals surface area (Å²) in [5.74, 6) is -2.10. The van der Waals surface area contributed by atoms with Crippen LogP contribution >= 0.6 is 0 Å². The molecule has 0 radical (unpaired) electrons. The Balaban J connectivity index is 3.16. The summed E-state index contributed by atoms with van der Waals surface area (Å²) in [5.41, 5.74) is -1.66. The van der Waals surface area contributed by atoms with Gasteiger partial charge in [0, 0.05) is 18.9 Å². The van der Waals surface area contributed by atoms with Gasteiger partial charge in [0.25, 0.3) is 0 Å². The van der Waals surface area contributed by atoms with Crippen LogP contribution in [0.25, 0.3) is 0 Å². The third kappa shape index (κ3) is 5.05. The van der Waals surface area contributed by atoms with E-state index < -0.39 is 28.9 Å². The number of rotatable bonds is 9. The van der Waals surface area contributed by atoms with Crippen molar-refractivity contribution >= 4 is 17.8 Å². The lowest BCUT2D eigenvalue weighted by Crippen LogP contribution is -2.57. The van der Waals surface area contributed by atoms with Crippen LogP contribution < -0.4 is 10.6 Å². The molecule has 26 heavy (non-hydrogen) atoms. The molecule has 0 saturated carbocycles. The maximum Gasteiger partial charge on any atom is 0.335 e. The molecule has 0 fully saturated rings. The van der Waals surface area contributed by atoms with Crippen LogP contribution in [0.1, 0.15) is 46.1 Å². The summed E-state index contributed by atoms with van der Waals surface area (Å²) in [6.45, 7) is 6.88. The highest BCUT2D eigenvalue weighted by Gasteiger charge is 2.44. The summed E-state index contributed by atoms with van der Waals surface area (Å²) in [5, 5.41) is 25.1. The standard InChI is InChI=1S/C19H28N2O5/c1-5-18(3,4)17(26)20-12-11-19(21-13(2)22,15(23)16(24)25)14-9-7-6-8-10-14/h6-10,15,23H,5,11-12H2,1-4H3,(H,20,26)(H,21,22)(H,24,25)/t15-,19+/m1/s1. The van der Waals surface area contributed by atoms with Crippen molar-refractivity contribution in [3.05, 3.63) is 35.9 Å². The molecule has 7 nitrogen and oxygen atoms in total. The van der Waals surface area contributed by atoms with E-state index in [0.717, 1.165) is 0 Å². The number of benzene rings is 1. The van der Waals surface area contributed by atoms with Crippen molar-refractivity contribution in [3.63, 3.8) is 0 Å². The zero-order valence-electron chi connectivity index (χ0n) is 15.7. The lowest BCUT2D eigenvalue weighted by molar-refractivity contribution is -0.153. The number of aliphatic hydroxyl groups is 1. The summed E-state index contributed by atoms with van der Waals surface area (Å²) in [7, 11) is 0. The van der Waals surface area contributed by atoms with Gasteiger partial charge in [-0.3, -0.25) is 9.59 Å². The largest absolute Gasteiger partial charge is 0.479 e. The molecule has 2 atom stereocenters. The molecule has 0 aliphatic heterocycles. The Morgan fingerprint density at radius 1 is 1.15 bits per heavy atom. The monoisotopic (exact) mass is 364 g/mol. The molecule has 7 heteroatoms. The predicted molar refractivity (Wildman–Crippen MR) is 97.3 cm³/mol. The molecular formula is C19H28N2O5. The van der Waals surface area contributed by atoms with Gasteiger partial charge in [-0.1, -0.05) is 51.1 Å². The van der Waals surface area contributed by atoms with Crippen molar-refractivity contribution in [1.29, 1.82) is 0 Å². The van der Waals surface area contributed by atoms with Crippen LogP contribution in [0, 0.1) is 5.41 Å². The second-order valence-electron chi connectivity index (χ2n) is 7.00. The lowest BCUT2D eigenvalue weighted by atomic mass is 9.80. The maximum absolute atomic E-state index is 12.3. The number of hydrogen-bond acceptors (Lipinski definition) is 4. The normalized spacial score (nSPS) is 14.8. The second-order valence-corrected chi connectivity index (χ2v) is 7.00. The van der Waals surface area contributed by atoms with Crippen LogP contribution in [-0.2, 0) is 19.9 Å². The highest BCUT2D eigenvalue weighted by molar-refractivity contribution is 5.82. The summed E-state index contributed by atoms with van der Waals surface area (Å²) >= 11 is 0. The van der Waals surface area contributed by atoms with E-state index in [1.54, 1.807) is 30.3 Å². The average molecular weight is 364 g/mol. The molecule has 0 aromatic heterocycles. The molecule has 0 bridgehead atoms. The Kier molecular flexibility index (Phi) is 7.32. The van der Waals surface area contributed by atoms with Crippen LogP contribution in [0.5, 0.6) is 0 Å². The summed E-state index contributed by atoms with van der Waals surface area (Å²) in [4.78, 5) is 35.5. The number of carboxylic acid groups (broad SMARTS) is 1. The van der Waals surface area contributed by atoms with Crippen LogP contribution in [-0.4, -0.2) is 40.6 Å². The fraction of sp³-hybridized carbons (Fsp3) is 0.526. The molecule has 1 rings (SSSR count). The SMILES string of the molecule is CCC(C)(C)C(=O)NCC[C@](NC(C)=O)(c1ccccc1)[C@H](O)C(=O)O. The third-order valence-corrected chi connectivity index (χ3v) is 4.69. The Morgan fingerprint density at radius 3 is 2.19 bits per heavy atom. The van der Waals surface area contributed by atoms with Crippen molar-refractivity contribution in [1.82, 2.24) is 10.6 Å². The van der Waals surface area contributed by atoms with Gasteiger partial charge in [-0.15, -0.1) is 0 Å². The molecular weight excluding hydrogens is 336 g/mol. The van der Waals surface area contributed by atoms with E-state index in [1.165, 1.54) is 6.92 Å². The molecule has 0 heterocycles. The minimum Gasteiger partial charge on any atom is -0.479 e. The summed E-state index contributed by atoms with van der Waals surface area (Å²) < 4.78 is 0. The fourth-order valence-electron chi connectivity index (χ4n) is 2.68.